The molecule has 2 heteroatoms. The topological polar surface area (TPSA) is 32.6 Å². The fourth-order valence-corrected chi connectivity index (χ4v) is 0.543. The molecule has 0 spiro atoms. The normalized spacial score (nSPS) is 10.6. The summed E-state index contributed by atoms with van der Waals surface area (Å²) in [6.07, 6.45) is 6.03. The summed E-state index contributed by atoms with van der Waals surface area (Å²) < 4.78 is 0. The third-order valence-corrected chi connectivity index (χ3v) is 1.02. The summed E-state index contributed by atoms with van der Waals surface area (Å²) in [4.78, 5) is 0. The highest BCUT2D eigenvalue weighted by atomic mass is 16.4. The Bertz CT molecular complexity index is 61.5. The molecule has 8 heavy (non-hydrogen) atoms. The van der Waals surface area contributed by atoms with Gasteiger partial charge in [-0.1, -0.05) is 19.8 Å². The Morgan fingerprint density at radius 3 is 2.75 bits per heavy atom. The first kappa shape index (κ1) is 7.47. The average Bonchev–Trinajstić information content (AvgIpc) is 1.81. The van der Waals surface area contributed by atoms with Crippen molar-refractivity contribution in [2.24, 2.45) is 5.16 Å². The van der Waals surface area contributed by atoms with Crippen LogP contribution in [0.2, 0.25) is 0 Å². The predicted molar refractivity (Wildman–Crippen MR) is 34.4 cm³/mol. The van der Waals surface area contributed by atoms with Crippen molar-refractivity contribution in [3.05, 3.63) is 0 Å². The van der Waals surface area contributed by atoms with Crippen molar-refractivity contribution in [3.63, 3.8) is 0 Å². The first-order valence-corrected chi connectivity index (χ1v) is 3.07. The molecule has 0 saturated heterocycles. The highest BCUT2D eigenvalue weighted by molar-refractivity contribution is 5.55. The van der Waals surface area contributed by atoms with E-state index in [1.807, 2.05) is 0 Å². The van der Waals surface area contributed by atoms with E-state index in [2.05, 4.69) is 12.1 Å². The lowest BCUT2D eigenvalue weighted by atomic mass is 10.2. The third kappa shape index (κ3) is 5.47. The lowest BCUT2D eigenvalue weighted by Crippen LogP contribution is -1.75. The SMILES string of the molecule is CCCCC/C=N\O. The van der Waals surface area contributed by atoms with E-state index in [1.54, 1.807) is 0 Å². The van der Waals surface area contributed by atoms with Crippen LogP contribution in [0.1, 0.15) is 32.6 Å². The number of nitrogens with zero attached hydrogens (tertiary/aromatic N) is 1. The standard InChI is InChI=1S/C6H13NO/c1-2-3-4-5-6-7-8/h6,8H,2-5H2,1H3/b7-6-. The van der Waals surface area contributed by atoms with Crippen LogP contribution >= 0.6 is 0 Å². The molecule has 48 valence electrons. The van der Waals surface area contributed by atoms with E-state index in [0.717, 1.165) is 12.8 Å². The Kier molecular flexibility index (Phi) is 6.04. The van der Waals surface area contributed by atoms with Crippen molar-refractivity contribution in [1.29, 1.82) is 0 Å². The van der Waals surface area contributed by atoms with Gasteiger partial charge >= 0.3 is 0 Å². The van der Waals surface area contributed by atoms with Crippen LogP contribution in [0.4, 0.5) is 0 Å². The van der Waals surface area contributed by atoms with Gasteiger partial charge < -0.3 is 5.21 Å². The summed E-state index contributed by atoms with van der Waals surface area (Å²) >= 11 is 0. The molecule has 0 unspecified atom stereocenters. The maximum Gasteiger partial charge on any atom is 0.0435 e. The molecule has 0 aromatic rings. The maximum absolute atomic E-state index is 7.94. The highest BCUT2D eigenvalue weighted by Gasteiger charge is 1.80. The molecule has 1 N–H and O–H groups in total. The molecule has 0 rings (SSSR count). The van der Waals surface area contributed by atoms with Crippen molar-refractivity contribution in [2.45, 2.75) is 32.6 Å². The van der Waals surface area contributed by atoms with E-state index >= 15 is 0 Å². The Hall–Kier alpha value is -0.530. The minimum atomic E-state index is 0.907. The van der Waals surface area contributed by atoms with Crippen LogP contribution < -0.4 is 0 Å². The zero-order chi connectivity index (χ0) is 6.24. The molecule has 0 aliphatic rings. The zero-order valence-corrected chi connectivity index (χ0v) is 5.30. The first-order chi connectivity index (χ1) is 3.91. The quantitative estimate of drug-likeness (QED) is 0.258. The molecular formula is C6H13NO. The minimum Gasteiger partial charge on any atom is -0.411 e. The van der Waals surface area contributed by atoms with Crippen LogP contribution in [0.3, 0.4) is 0 Å². The predicted octanol–water partition coefficient (Wildman–Crippen LogP) is 2.03. The average molecular weight is 115 g/mol. The molecule has 0 fully saturated rings. The number of unbranched alkanes of at least 4 members (excludes halogenated alkanes) is 3. The van der Waals surface area contributed by atoms with Gasteiger partial charge in [-0.15, -0.1) is 5.16 Å². The molecule has 0 aliphatic heterocycles. The van der Waals surface area contributed by atoms with Crippen LogP contribution in [-0.4, -0.2) is 11.4 Å². The summed E-state index contributed by atoms with van der Waals surface area (Å²) in [6, 6.07) is 0. The van der Waals surface area contributed by atoms with Gasteiger partial charge in [0.25, 0.3) is 0 Å². The smallest absolute Gasteiger partial charge is 0.0435 e. The summed E-state index contributed by atoms with van der Waals surface area (Å²) in [6.45, 7) is 2.15. The minimum absolute atomic E-state index is 0.907. The summed E-state index contributed by atoms with van der Waals surface area (Å²) in [7, 11) is 0. The van der Waals surface area contributed by atoms with E-state index in [1.165, 1.54) is 19.1 Å². The van der Waals surface area contributed by atoms with Crippen molar-refractivity contribution in [2.75, 3.05) is 0 Å². The molecule has 0 aromatic heterocycles. The van der Waals surface area contributed by atoms with Crippen molar-refractivity contribution < 1.29 is 5.21 Å². The molecule has 0 saturated carbocycles. The van der Waals surface area contributed by atoms with Crippen LogP contribution in [0, 0.1) is 0 Å². The number of hydrogen-bond acceptors (Lipinski definition) is 2. The highest BCUT2D eigenvalue weighted by Crippen LogP contribution is 1.95. The van der Waals surface area contributed by atoms with Gasteiger partial charge in [0.15, 0.2) is 0 Å². The van der Waals surface area contributed by atoms with Crippen molar-refractivity contribution in [1.82, 2.24) is 0 Å². The Balaban J connectivity index is 2.72. The van der Waals surface area contributed by atoms with Gasteiger partial charge in [-0.2, -0.15) is 0 Å². The number of hydrogen-bond donors (Lipinski definition) is 1. The zero-order valence-electron chi connectivity index (χ0n) is 5.30. The third-order valence-electron chi connectivity index (χ3n) is 1.02. The van der Waals surface area contributed by atoms with Crippen LogP contribution in [0.25, 0.3) is 0 Å². The molecule has 0 aromatic carbocycles. The molecule has 0 aliphatic carbocycles. The van der Waals surface area contributed by atoms with Gasteiger partial charge in [-0.05, 0) is 12.8 Å². The molecule has 0 amide bonds. The van der Waals surface area contributed by atoms with Gasteiger partial charge in [0, 0.05) is 6.21 Å². The van der Waals surface area contributed by atoms with E-state index in [0.29, 0.717) is 0 Å². The van der Waals surface area contributed by atoms with E-state index < -0.39 is 0 Å². The van der Waals surface area contributed by atoms with Gasteiger partial charge in [-0.25, -0.2) is 0 Å². The van der Waals surface area contributed by atoms with Crippen molar-refractivity contribution in [3.8, 4) is 0 Å². The number of rotatable bonds is 4. The monoisotopic (exact) mass is 115 g/mol. The van der Waals surface area contributed by atoms with Crippen LogP contribution in [0.15, 0.2) is 5.16 Å². The van der Waals surface area contributed by atoms with Gasteiger partial charge in [0.1, 0.15) is 0 Å². The molecule has 0 bridgehead atoms. The lowest BCUT2D eigenvalue weighted by Gasteiger charge is -1.87. The second-order valence-electron chi connectivity index (χ2n) is 1.79. The fraction of sp³-hybridized carbons (Fsp3) is 0.833. The Labute approximate surface area is 50.2 Å². The second kappa shape index (κ2) is 6.47. The van der Waals surface area contributed by atoms with Gasteiger partial charge in [-0.3, -0.25) is 0 Å². The van der Waals surface area contributed by atoms with Crippen molar-refractivity contribution >= 4 is 6.21 Å². The lowest BCUT2D eigenvalue weighted by molar-refractivity contribution is 0.320. The fourth-order valence-electron chi connectivity index (χ4n) is 0.543. The largest absolute Gasteiger partial charge is 0.411 e. The first-order valence-electron chi connectivity index (χ1n) is 3.07. The van der Waals surface area contributed by atoms with Crippen LogP contribution in [-0.2, 0) is 0 Å². The van der Waals surface area contributed by atoms with Crippen LogP contribution in [0.5, 0.6) is 0 Å². The van der Waals surface area contributed by atoms with E-state index in [4.69, 9.17) is 5.21 Å². The molecule has 0 atom stereocenters. The second-order valence-corrected chi connectivity index (χ2v) is 1.79. The maximum atomic E-state index is 7.94. The summed E-state index contributed by atoms with van der Waals surface area (Å²) in [5.41, 5.74) is 0. The molecular weight excluding hydrogens is 102 g/mol. The Morgan fingerprint density at radius 2 is 2.25 bits per heavy atom. The summed E-state index contributed by atoms with van der Waals surface area (Å²) in [5.74, 6) is 0. The molecule has 0 radical (unpaired) electrons. The van der Waals surface area contributed by atoms with Gasteiger partial charge in [0.2, 0.25) is 0 Å². The van der Waals surface area contributed by atoms with E-state index in [9.17, 15) is 0 Å². The molecule has 2 nitrogen and oxygen atoms in total. The molecule has 0 heterocycles. The number of oxime groups is 1. The Morgan fingerprint density at radius 1 is 1.50 bits per heavy atom. The van der Waals surface area contributed by atoms with E-state index in [-0.39, 0.29) is 0 Å². The van der Waals surface area contributed by atoms with Gasteiger partial charge in [0.05, 0.1) is 0 Å². The summed E-state index contributed by atoms with van der Waals surface area (Å²) in [5, 5.41) is 10.8.